The Morgan fingerprint density at radius 3 is 2.18 bits per heavy atom. The third kappa shape index (κ3) is 5.81. The highest BCUT2D eigenvalue weighted by Gasteiger charge is 2.60. The van der Waals surface area contributed by atoms with Crippen molar-refractivity contribution >= 4 is 11.9 Å². The van der Waals surface area contributed by atoms with Crippen molar-refractivity contribution in [2.24, 2.45) is 5.92 Å². The van der Waals surface area contributed by atoms with E-state index >= 15 is 0 Å². The molecule has 1 N–H and O–H groups in total. The molecule has 8 heteroatoms. The molecule has 38 heavy (non-hydrogen) atoms. The number of carbonyl (C=O) groups excluding carboxylic acids is 2. The Balaban J connectivity index is 1.65. The molecule has 1 aromatic rings. The number of carbonyl (C=O) groups is 2. The van der Waals surface area contributed by atoms with Gasteiger partial charge in [0.25, 0.3) is 0 Å². The molecule has 0 radical (unpaired) electrons. The first-order valence-electron chi connectivity index (χ1n) is 14.2. The minimum absolute atomic E-state index is 0.0902. The predicted octanol–water partition coefficient (Wildman–Crippen LogP) is 5.56. The third-order valence-electron chi connectivity index (χ3n) is 7.87. The number of rotatable bonds is 8. The molecule has 0 amide bonds. The van der Waals surface area contributed by atoms with E-state index in [1.165, 1.54) is 0 Å². The number of unbranched alkanes of at least 4 members (excludes halogenated alkanes) is 2. The van der Waals surface area contributed by atoms with Crippen LogP contribution in [0.2, 0.25) is 0 Å². The lowest BCUT2D eigenvalue weighted by Crippen LogP contribution is -2.51. The van der Waals surface area contributed by atoms with Crippen molar-refractivity contribution in [2.75, 3.05) is 0 Å². The molecule has 0 bridgehead atoms. The molecule has 2 heterocycles. The van der Waals surface area contributed by atoms with Gasteiger partial charge in [-0.05, 0) is 78.5 Å². The summed E-state index contributed by atoms with van der Waals surface area (Å²) in [7, 11) is 0. The Morgan fingerprint density at radius 1 is 1.03 bits per heavy atom. The Kier molecular flexibility index (Phi) is 8.34. The normalized spacial score (nSPS) is 27.1. The highest BCUT2D eigenvalue weighted by atomic mass is 16.8. The maximum Gasteiger partial charge on any atom is 0.339 e. The van der Waals surface area contributed by atoms with E-state index in [0.29, 0.717) is 25.0 Å². The number of benzene rings is 1. The van der Waals surface area contributed by atoms with Gasteiger partial charge < -0.3 is 28.8 Å². The van der Waals surface area contributed by atoms with Crippen molar-refractivity contribution in [1.29, 1.82) is 0 Å². The fourth-order valence-corrected chi connectivity index (χ4v) is 6.27. The molecule has 1 saturated heterocycles. The van der Waals surface area contributed by atoms with Gasteiger partial charge in [0.15, 0.2) is 18.0 Å². The molecule has 1 saturated carbocycles. The second kappa shape index (κ2) is 11.0. The van der Waals surface area contributed by atoms with Gasteiger partial charge in [-0.2, -0.15) is 0 Å². The summed E-state index contributed by atoms with van der Waals surface area (Å²) in [6.07, 6.45) is 2.53. The fraction of sp³-hybridized carbons (Fsp3) is 0.733. The van der Waals surface area contributed by atoms with Crippen LogP contribution in [0.15, 0.2) is 12.1 Å². The topological polar surface area (TPSA) is 101 Å². The number of ether oxygens (including phenoxy) is 5. The summed E-state index contributed by atoms with van der Waals surface area (Å²) in [6.45, 7) is 13.3. The van der Waals surface area contributed by atoms with Gasteiger partial charge in [-0.1, -0.05) is 19.8 Å². The maximum absolute atomic E-state index is 13.0. The van der Waals surface area contributed by atoms with E-state index in [9.17, 15) is 14.7 Å². The first-order chi connectivity index (χ1) is 17.9. The molecule has 4 rings (SSSR count). The number of aryl methyl sites for hydroxylation is 1. The summed E-state index contributed by atoms with van der Waals surface area (Å²) in [5.41, 5.74) is 1.32. The minimum atomic E-state index is -1.22. The summed E-state index contributed by atoms with van der Waals surface area (Å²) in [4.78, 5) is 25.9. The van der Waals surface area contributed by atoms with Crippen molar-refractivity contribution in [3.05, 3.63) is 23.3 Å². The molecule has 0 aromatic heterocycles. The fourth-order valence-electron chi connectivity index (χ4n) is 6.27. The molecular formula is C30H44O8. The largest absolute Gasteiger partial charge is 0.508 e. The van der Waals surface area contributed by atoms with E-state index < -0.39 is 35.5 Å². The van der Waals surface area contributed by atoms with Crippen molar-refractivity contribution in [3.8, 4) is 11.5 Å². The van der Waals surface area contributed by atoms with Crippen LogP contribution in [0.1, 0.15) is 104 Å². The number of fused-ring (bicyclic) bond motifs is 3. The molecule has 1 aromatic carbocycles. The van der Waals surface area contributed by atoms with E-state index in [1.807, 2.05) is 12.1 Å². The smallest absolute Gasteiger partial charge is 0.339 e. The highest BCUT2D eigenvalue weighted by Crippen LogP contribution is 2.58. The standard InChI is InChI=1S/C30H44O8/c1-8-9-10-11-19-14-22(31)24-20-16-30(13-12-21(20)29(6,7)36-23(24)15-19)37-25(27(32)34-17(2)3)26(38-30)28(33)35-18(4)5/h14-15,17-18,20-21,25-26,31H,8-13,16H2,1-7H3/t20-,21-,25+,26+/m1/s1. The SMILES string of the molecule is CCCCCc1cc(O)c2c(c1)OC(C)(C)[C@@H]1CCC3(C[C@@H]21)O[C@H](C(=O)OC(C)C)[C@@H](C(=O)OC(C)C)O3. The summed E-state index contributed by atoms with van der Waals surface area (Å²) in [5, 5.41) is 11.2. The number of phenols is 1. The van der Waals surface area contributed by atoms with Crippen molar-refractivity contribution in [2.45, 2.75) is 135 Å². The Hall–Kier alpha value is -2.32. The van der Waals surface area contributed by atoms with E-state index in [-0.39, 0.29) is 29.8 Å². The van der Waals surface area contributed by atoms with Gasteiger partial charge in [-0.3, -0.25) is 0 Å². The minimum Gasteiger partial charge on any atom is -0.508 e. The second-order valence-corrected chi connectivity index (χ2v) is 12.1. The zero-order valence-corrected chi connectivity index (χ0v) is 23.9. The second-order valence-electron chi connectivity index (χ2n) is 12.1. The first kappa shape index (κ1) is 28.7. The van der Waals surface area contributed by atoms with Crippen LogP contribution in [0.3, 0.4) is 0 Å². The third-order valence-corrected chi connectivity index (χ3v) is 7.87. The molecule has 3 aliphatic rings. The number of hydrogen-bond donors (Lipinski definition) is 1. The Labute approximate surface area is 226 Å². The highest BCUT2D eigenvalue weighted by molar-refractivity contribution is 5.86. The predicted molar refractivity (Wildman–Crippen MR) is 141 cm³/mol. The molecule has 2 fully saturated rings. The van der Waals surface area contributed by atoms with Crippen LogP contribution in [0.25, 0.3) is 0 Å². The number of aromatic hydroxyl groups is 1. The van der Waals surface area contributed by atoms with Crippen LogP contribution in [0.5, 0.6) is 11.5 Å². The lowest BCUT2D eigenvalue weighted by molar-refractivity contribution is -0.219. The molecule has 4 atom stereocenters. The zero-order valence-electron chi connectivity index (χ0n) is 23.9. The van der Waals surface area contributed by atoms with Gasteiger partial charge in [-0.25, -0.2) is 9.59 Å². The van der Waals surface area contributed by atoms with Gasteiger partial charge in [0.1, 0.15) is 17.1 Å². The number of hydrogen-bond acceptors (Lipinski definition) is 8. The average molecular weight is 533 g/mol. The molecule has 2 aliphatic heterocycles. The van der Waals surface area contributed by atoms with Gasteiger partial charge in [0.05, 0.1) is 12.2 Å². The molecule has 212 valence electrons. The van der Waals surface area contributed by atoms with Gasteiger partial charge in [0, 0.05) is 30.2 Å². The molecule has 8 nitrogen and oxygen atoms in total. The summed E-state index contributed by atoms with van der Waals surface area (Å²) >= 11 is 0. The molecule has 0 unspecified atom stereocenters. The monoisotopic (exact) mass is 532 g/mol. The van der Waals surface area contributed by atoms with Crippen LogP contribution < -0.4 is 4.74 Å². The quantitative estimate of drug-likeness (QED) is 0.343. The van der Waals surface area contributed by atoms with Crippen molar-refractivity contribution in [3.63, 3.8) is 0 Å². The molecular weight excluding hydrogens is 488 g/mol. The maximum atomic E-state index is 13.0. The Bertz CT molecular complexity index is 999. The summed E-state index contributed by atoms with van der Waals surface area (Å²) in [5.74, 6) is -1.63. The van der Waals surface area contributed by atoms with E-state index in [2.05, 4.69) is 20.8 Å². The summed E-state index contributed by atoms with van der Waals surface area (Å²) < 4.78 is 29.9. The van der Waals surface area contributed by atoms with Crippen LogP contribution in [0.4, 0.5) is 0 Å². The average Bonchev–Trinajstić information content (AvgIpc) is 3.16. The van der Waals surface area contributed by atoms with Crippen LogP contribution in [0, 0.1) is 5.92 Å². The van der Waals surface area contributed by atoms with Crippen LogP contribution in [-0.4, -0.2) is 52.8 Å². The number of phenolic OH excluding ortho intramolecular Hbond substituents is 1. The van der Waals surface area contributed by atoms with Gasteiger partial charge in [0.2, 0.25) is 0 Å². The van der Waals surface area contributed by atoms with E-state index in [1.54, 1.807) is 27.7 Å². The van der Waals surface area contributed by atoms with Crippen LogP contribution in [-0.2, 0) is 35.0 Å². The first-order valence-corrected chi connectivity index (χ1v) is 14.2. The number of esters is 2. The molecule has 1 aliphatic carbocycles. The summed E-state index contributed by atoms with van der Waals surface area (Å²) in [6, 6.07) is 3.89. The van der Waals surface area contributed by atoms with Crippen molar-refractivity contribution in [1.82, 2.24) is 0 Å². The lowest BCUT2D eigenvalue weighted by Gasteiger charge is -2.51. The van der Waals surface area contributed by atoms with Gasteiger partial charge >= 0.3 is 11.9 Å². The zero-order chi connectivity index (χ0) is 27.8. The van der Waals surface area contributed by atoms with E-state index in [4.69, 9.17) is 23.7 Å². The van der Waals surface area contributed by atoms with Crippen LogP contribution >= 0.6 is 0 Å². The van der Waals surface area contributed by atoms with Gasteiger partial charge in [-0.15, -0.1) is 0 Å². The Morgan fingerprint density at radius 2 is 1.63 bits per heavy atom. The lowest BCUT2D eigenvalue weighted by atomic mass is 9.65. The van der Waals surface area contributed by atoms with Crippen molar-refractivity contribution < 1.29 is 38.4 Å². The molecule has 1 spiro atoms. The van der Waals surface area contributed by atoms with E-state index in [0.717, 1.165) is 36.8 Å².